The number of alkyl halides is 3. The molecule has 2 aromatic rings. The van der Waals surface area contributed by atoms with Crippen molar-refractivity contribution in [3.05, 3.63) is 65.5 Å². The molecular formula is C21H22F3N3O. The van der Waals surface area contributed by atoms with Crippen LogP contribution in [-0.2, 0) is 24.1 Å². The van der Waals surface area contributed by atoms with Gasteiger partial charge in [0.05, 0.1) is 23.8 Å². The average Bonchev–Trinajstić information content (AvgIpc) is 2.68. The van der Waals surface area contributed by atoms with Gasteiger partial charge in [0.25, 0.3) is 0 Å². The van der Waals surface area contributed by atoms with Gasteiger partial charge in [-0.1, -0.05) is 18.2 Å². The first-order chi connectivity index (χ1) is 13.4. The van der Waals surface area contributed by atoms with Crippen molar-refractivity contribution in [1.82, 2.24) is 14.8 Å². The topological polar surface area (TPSA) is 36.4 Å². The molecule has 4 rings (SSSR count). The summed E-state index contributed by atoms with van der Waals surface area (Å²) in [6.45, 7) is 2.53. The minimum absolute atomic E-state index is 0.0912. The van der Waals surface area contributed by atoms with E-state index in [0.29, 0.717) is 19.0 Å². The van der Waals surface area contributed by atoms with Crippen molar-refractivity contribution in [2.24, 2.45) is 5.92 Å². The third-order valence-electron chi connectivity index (χ3n) is 5.64. The molecule has 2 fully saturated rings. The molecule has 0 spiro atoms. The fraction of sp³-hybridized carbons (Fsp3) is 0.429. The van der Waals surface area contributed by atoms with E-state index in [2.05, 4.69) is 9.88 Å². The smallest absolute Gasteiger partial charge is 0.335 e. The van der Waals surface area contributed by atoms with Crippen LogP contribution < -0.4 is 0 Å². The van der Waals surface area contributed by atoms with E-state index in [-0.39, 0.29) is 11.9 Å². The highest BCUT2D eigenvalue weighted by atomic mass is 19.4. The Morgan fingerprint density at radius 1 is 1.07 bits per heavy atom. The van der Waals surface area contributed by atoms with Crippen LogP contribution in [0.5, 0.6) is 0 Å². The summed E-state index contributed by atoms with van der Waals surface area (Å²) in [5.41, 5.74) is 1.01. The molecule has 0 N–H and O–H groups in total. The molecule has 28 heavy (non-hydrogen) atoms. The maximum atomic E-state index is 13.0. The Bertz CT molecular complexity index is 823. The fourth-order valence-electron chi connectivity index (χ4n) is 4.17. The van der Waals surface area contributed by atoms with Gasteiger partial charge in [-0.15, -0.1) is 0 Å². The second-order valence-corrected chi connectivity index (χ2v) is 7.61. The molecule has 0 radical (unpaired) electrons. The quantitative estimate of drug-likeness (QED) is 0.800. The van der Waals surface area contributed by atoms with Crippen LogP contribution in [0.1, 0.15) is 29.7 Å². The Balaban J connectivity index is 1.45. The first-order valence-electron chi connectivity index (χ1n) is 9.49. The van der Waals surface area contributed by atoms with E-state index in [1.165, 1.54) is 12.1 Å². The molecule has 7 heteroatoms. The van der Waals surface area contributed by atoms with Crippen molar-refractivity contribution in [2.75, 3.05) is 13.1 Å². The molecule has 1 aromatic carbocycles. The normalized spacial score (nSPS) is 23.1. The van der Waals surface area contributed by atoms with E-state index in [1.807, 2.05) is 23.1 Å². The van der Waals surface area contributed by atoms with Crippen molar-refractivity contribution < 1.29 is 18.0 Å². The third-order valence-corrected chi connectivity index (χ3v) is 5.64. The van der Waals surface area contributed by atoms with E-state index in [9.17, 15) is 18.0 Å². The maximum Gasteiger partial charge on any atom is 0.416 e. The maximum absolute atomic E-state index is 13.0. The zero-order valence-corrected chi connectivity index (χ0v) is 15.4. The number of piperidine rings is 2. The van der Waals surface area contributed by atoms with Crippen LogP contribution in [0.4, 0.5) is 13.2 Å². The van der Waals surface area contributed by atoms with E-state index in [1.54, 1.807) is 6.20 Å². The zero-order chi connectivity index (χ0) is 19.7. The highest BCUT2D eigenvalue weighted by molar-refractivity contribution is 5.83. The first kappa shape index (κ1) is 18.9. The molecule has 2 saturated heterocycles. The standard InChI is InChI=1S/C21H22F3N3O/c22-21(23,24)17-6-4-15(5-7-17)12-26-10-8-16-11-19(26)20(28)27(13-16)14-18-3-1-2-9-25-18/h1-7,9,16,19H,8,10-14H2/t16-,19+/m0/s1. The van der Waals surface area contributed by atoms with Crippen molar-refractivity contribution in [3.63, 3.8) is 0 Å². The van der Waals surface area contributed by atoms with Crippen LogP contribution in [0, 0.1) is 5.92 Å². The van der Waals surface area contributed by atoms with Crippen LogP contribution in [0.2, 0.25) is 0 Å². The number of aromatic nitrogens is 1. The summed E-state index contributed by atoms with van der Waals surface area (Å²) < 4.78 is 38.3. The molecule has 1 amide bonds. The molecule has 2 aliphatic heterocycles. The lowest BCUT2D eigenvalue weighted by Crippen LogP contribution is -2.58. The van der Waals surface area contributed by atoms with Crippen molar-refractivity contribution in [1.29, 1.82) is 0 Å². The predicted molar refractivity (Wildman–Crippen MR) is 98.0 cm³/mol. The van der Waals surface area contributed by atoms with E-state index in [0.717, 1.165) is 49.3 Å². The summed E-state index contributed by atoms with van der Waals surface area (Å²) in [6.07, 6.45) is -0.801. The molecule has 148 valence electrons. The number of benzene rings is 1. The Labute approximate surface area is 162 Å². The molecular weight excluding hydrogens is 367 g/mol. The molecule has 1 aromatic heterocycles. The summed E-state index contributed by atoms with van der Waals surface area (Å²) in [5, 5.41) is 0. The number of likely N-dealkylation sites (tertiary alicyclic amines) is 2. The number of fused-ring (bicyclic) bond motifs is 2. The Hall–Kier alpha value is -2.41. The molecule has 4 nitrogen and oxygen atoms in total. The summed E-state index contributed by atoms with van der Waals surface area (Å²) in [7, 11) is 0. The van der Waals surface area contributed by atoms with Gasteiger partial charge in [-0.05, 0) is 55.1 Å². The number of carbonyl (C=O) groups excluding carboxylic acids is 1. The Kier molecular flexibility index (Phi) is 5.10. The summed E-state index contributed by atoms with van der Waals surface area (Å²) >= 11 is 0. The lowest BCUT2D eigenvalue weighted by atomic mass is 9.85. The number of amides is 1. The minimum Gasteiger partial charge on any atom is -0.335 e. The number of rotatable bonds is 4. The molecule has 0 aliphatic carbocycles. The van der Waals surface area contributed by atoms with Gasteiger partial charge in [-0.3, -0.25) is 14.7 Å². The number of hydrogen-bond acceptors (Lipinski definition) is 3. The van der Waals surface area contributed by atoms with Crippen molar-refractivity contribution in [3.8, 4) is 0 Å². The van der Waals surface area contributed by atoms with Crippen LogP contribution in [0.15, 0.2) is 48.7 Å². The largest absolute Gasteiger partial charge is 0.416 e. The van der Waals surface area contributed by atoms with E-state index < -0.39 is 11.7 Å². The molecule has 2 aliphatic rings. The molecule has 2 atom stereocenters. The van der Waals surface area contributed by atoms with Gasteiger partial charge in [-0.25, -0.2) is 0 Å². The van der Waals surface area contributed by atoms with Crippen LogP contribution in [-0.4, -0.2) is 39.8 Å². The van der Waals surface area contributed by atoms with Gasteiger partial charge in [-0.2, -0.15) is 13.2 Å². The second kappa shape index (κ2) is 7.54. The fourth-order valence-corrected chi connectivity index (χ4v) is 4.17. The number of halogens is 3. The Morgan fingerprint density at radius 3 is 2.54 bits per heavy atom. The van der Waals surface area contributed by atoms with E-state index >= 15 is 0 Å². The lowest BCUT2D eigenvalue weighted by molar-refractivity contribution is -0.146. The lowest BCUT2D eigenvalue weighted by Gasteiger charge is -2.46. The summed E-state index contributed by atoms with van der Waals surface area (Å²) in [5.74, 6) is 0.559. The first-order valence-corrected chi connectivity index (χ1v) is 9.49. The summed E-state index contributed by atoms with van der Waals surface area (Å²) in [4.78, 5) is 21.3. The van der Waals surface area contributed by atoms with Crippen LogP contribution in [0.25, 0.3) is 0 Å². The highest BCUT2D eigenvalue weighted by Crippen LogP contribution is 2.33. The number of nitrogens with zero attached hydrogens (tertiary/aromatic N) is 3. The molecule has 3 heterocycles. The zero-order valence-electron chi connectivity index (χ0n) is 15.4. The van der Waals surface area contributed by atoms with Gasteiger partial charge in [0.15, 0.2) is 0 Å². The van der Waals surface area contributed by atoms with Gasteiger partial charge >= 0.3 is 6.18 Å². The van der Waals surface area contributed by atoms with Crippen LogP contribution in [0.3, 0.4) is 0 Å². The van der Waals surface area contributed by atoms with Crippen molar-refractivity contribution in [2.45, 2.75) is 38.1 Å². The van der Waals surface area contributed by atoms with Crippen LogP contribution >= 0.6 is 0 Å². The molecule has 2 bridgehead atoms. The number of hydrogen-bond donors (Lipinski definition) is 0. The van der Waals surface area contributed by atoms with Crippen molar-refractivity contribution >= 4 is 5.91 Å². The average molecular weight is 389 g/mol. The van der Waals surface area contributed by atoms with Gasteiger partial charge in [0.1, 0.15) is 0 Å². The molecule has 0 saturated carbocycles. The number of carbonyl (C=O) groups is 1. The van der Waals surface area contributed by atoms with Gasteiger partial charge in [0.2, 0.25) is 5.91 Å². The SMILES string of the molecule is O=C1[C@H]2C[C@H](CCN2Cc2ccc(C(F)(F)F)cc2)CN1Cc1ccccn1. The predicted octanol–water partition coefficient (Wildman–Crippen LogP) is 3.72. The second-order valence-electron chi connectivity index (χ2n) is 7.61. The summed E-state index contributed by atoms with van der Waals surface area (Å²) in [6, 6.07) is 10.7. The molecule has 0 unspecified atom stereocenters. The third kappa shape index (κ3) is 4.04. The van der Waals surface area contributed by atoms with E-state index in [4.69, 9.17) is 0 Å². The number of pyridine rings is 1. The monoisotopic (exact) mass is 389 g/mol. The highest BCUT2D eigenvalue weighted by Gasteiger charge is 2.41. The Morgan fingerprint density at radius 2 is 1.86 bits per heavy atom. The van der Waals surface area contributed by atoms with Gasteiger partial charge in [0, 0.05) is 19.3 Å². The van der Waals surface area contributed by atoms with Gasteiger partial charge < -0.3 is 4.90 Å². The minimum atomic E-state index is -4.33.